The van der Waals surface area contributed by atoms with Crippen LogP contribution in [0, 0.1) is 0 Å². The van der Waals surface area contributed by atoms with Gasteiger partial charge in [0.15, 0.2) is 0 Å². The third-order valence-electron chi connectivity index (χ3n) is 1.71. The van der Waals surface area contributed by atoms with Gasteiger partial charge in [-0.15, -0.1) is 0 Å². The van der Waals surface area contributed by atoms with Gasteiger partial charge in [0.25, 0.3) is 5.36 Å². The van der Waals surface area contributed by atoms with Gasteiger partial charge in [0.2, 0.25) is 6.54 Å². The molecule has 0 spiro atoms. The van der Waals surface area contributed by atoms with Crippen molar-refractivity contribution in [3.8, 4) is 0 Å². The lowest BCUT2D eigenvalue weighted by atomic mass is 10.2. The van der Waals surface area contributed by atoms with Crippen LogP contribution < -0.4 is 15.6 Å². The van der Waals surface area contributed by atoms with Crippen LogP contribution in [0.4, 0.5) is 0 Å². The van der Waals surface area contributed by atoms with E-state index in [4.69, 9.17) is 0 Å². The first-order valence-corrected chi connectivity index (χ1v) is 3.56. The van der Waals surface area contributed by atoms with Gasteiger partial charge in [0.05, 0.1) is 0 Å². The monoisotopic (exact) mass is 131 g/mol. The number of fused-ring (bicyclic) bond motifs is 1. The minimum Gasteiger partial charge on any atom is -0.0638 e. The summed E-state index contributed by atoms with van der Waals surface area (Å²) in [6.45, 7) is 0.955. The fraction of sp³-hybridized carbons (Fsp3) is 0.222. The Hall–Kier alpha value is -1.11. The highest BCUT2D eigenvalue weighted by Gasteiger charge is 2.01. The molecule has 1 radical (unpaired) electrons. The number of para-hydroxylation sites is 1. The summed E-state index contributed by atoms with van der Waals surface area (Å²) in [7, 11) is 0. The minimum absolute atomic E-state index is 0.955. The lowest BCUT2D eigenvalue weighted by Crippen LogP contribution is -2.33. The summed E-state index contributed by atoms with van der Waals surface area (Å²) in [6, 6.07) is 8.25. The van der Waals surface area contributed by atoms with Gasteiger partial charge in [-0.3, -0.25) is 0 Å². The molecule has 0 fully saturated rings. The van der Waals surface area contributed by atoms with Crippen molar-refractivity contribution in [3.05, 3.63) is 34.8 Å². The molecule has 49 valence electrons. The van der Waals surface area contributed by atoms with E-state index in [0.717, 1.165) is 18.3 Å². The van der Waals surface area contributed by atoms with Crippen LogP contribution in [0.1, 0.15) is 6.42 Å². The zero-order valence-corrected chi connectivity index (χ0v) is 5.75. The van der Waals surface area contributed by atoms with Crippen LogP contribution in [0.25, 0.3) is 6.08 Å². The van der Waals surface area contributed by atoms with Crippen LogP contribution in [0.3, 0.4) is 0 Å². The molecule has 1 aliphatic heterocycles. The van der Waals surface area contributed by atoms with E-state index in [1.54, 1.807) is 0 Å². The normalized spacial score (nSPS) is 14.8. The molecule has 0 aromatic heterocycles. The lowest BCUT2D eigenvalue weighted by Gasteiger charge is -1.86. The molecule has 1 aromatic rings. The summed E-state index contributed by atoms with van der Waals surface area (Å²) in [5, 5.41) is 2.43. The summed E-state index contributed by atoms with van der Waals surface area (Å²) < 4.78 is 0. The summed E-state index contributed by atoms with van der Waals surface area (Å²) in [4.78, 5) is 4.36. The van der Waals surface area contributed by atoms with Crippen molar-refractivity contribution >= 4 is 6.08 Å². The lowest BCUT2D eigenvalue weighted by molar-refractivity contribution is 0.869. The molecule has 0 N–H and O–H groups in total. The topological polar surface area (TPSA) is 14.1 Å². The van der Waals surface area contributed by atoms with E-state index >= 15 is 0 Å². The highest BCUT2D eigenvalue weighted by atomic mass is 14.7. The molecule has 0 aliphatic carbocycles. The number of hydrogen-bond acceptors (Lipinski definition) is 1. The molecule has 2 rings (SSSR count). The molecule has 10 heavy (non-hydrogen) atoms. The third-order valence-corrected chi connectivity index (χ3v) is 1.71. The third kappa shape index (κ3) is 0.838. The number of hydrogen-bond donors (Lipinski definition) is 0. The summed E-state index contributed by atoms with van der Waals surface area (Å²) in [5.41, 5.74) is 0. The average molecular weight is 131 g/mol. The van der Waals surface area contributed by atoms with E-state index in [1.165, 1.54) is 5.22 Å². The molecular formula is C9H9N+. The smallest absolute Gasteiger partial charge is 0.0638 e. The minimum atomic E-state index is 0.955. The molecule has 0 unspecified atom stereocenters. The predicted octanol–water partition coefficient (Wildman–Crippen LogP) is -0.174. The first-order chi connectivity index (χ1) is 4.97. The molecule has 1 heteroatoms. The van der Waals surface area contributed by atoms with E-state index in [2.05, 4.69) is 29.3 Å². The number of benzene rings is 1. The van der Waals surface area contributed by atoms with Crippen molar-refractivity contribution in [1.82, 2.24) is 4.99 Å². The van der Waals surface area contributed by atoms with Crippen molar-refractivity contribution in [2.75, 3.05) is 6.54 Å². The van der Waals surface area contributed by atoms with Gasteiger partial charge in [-0.1, -0.05) is 18.2 Å². The van der Waals surface area contributed by atoms with E-state index in [0.29, 0.717) is 0 Å². The molecule has 1 aliphatic rings. The van der Waals surface area contributed by atoms with Crippen molar-refractivity contribution in [3.63, 3.8) is 0 Å². The standard InChI is InChI=1S/C9H9N/c1-2-6-9-8(4-1)5-3-7-10-9/h1-2,4-6H,3,7H2/q+1. The Kier molecular flexibility index (Phi) is 1.28. The van der Waals surface area contributed by atoms with Gasteiger partial charge in [-0.2, -0.15) is 0 Å². The van der Waals surface area contributed by atoms with Gasteiger partial charge in [-0.25, -0.2) is 0 Å². The van der Waals surface area contributed by atoms with Gasteiger partial charge >= 0.3 is 0 Å². The maximum atomic E-state index is 4.36. The Labute approximate surface area is 59.7 Å². The van der Waals surface area contributed by atoms with E-state index < -0.39 is 0 Å². The van der Waals surface area contributed by atoms with Crippen LogP contribution in [-0.4, -0.2) is 6.54 Å². The van der Waals surface area contributed by atoms with Crippen LogP contribution in [0.5, 0.6) is 0 Å². The maximum absolute atomic E-state index is 4.36. The van der Waals surface area contributed by atoms with Crippen LogP contribution >= 0.6 is 0 Å². The first kappa shape index (κ1) is 5.66. The largest absolute Gasteiger partial charge is 0.276 e. The molecule has 1 heterocycles. The number of rotatable bonds is 0. The van der Waals surface area contributed by atoms with Crippen LogP contribution in [-0.2, 0) is 0 Å². The highest BCUT2D eigenvalue weighted by Crippen LogP contribution is 1.80. The van der Waals surface area contributed by atoms with Crippen molar-refractivity contribution in [2.45, 2.75) is 6.42 Å². The molecule has 0 amide bonds. The zero-order chi connectivity index (χ0) is 6.81. The molecule has 1 nitrogen and oxygen atoms in total. The Morgan fingerprint density at radius 1 is 1.20 bits per heavy atom. The molecule has 0 bridgehead atoms. The predicted molar refractivity (Wildman–Crippen MR) is 40.9 cm³/mol. The zero-order valence-electron chi connectivity index (χ0n) is 5.75. The Balaban J connectivity index is 2.84. The molecule has 0 atom stereocenters. The van der Waals surface area contributed by atoms with Crippen LogP contribution in [0.2, 0.25) is 0 Å². The fourth-order valence-electron chi connectivity index (χ4n) is 1.21. The van der Waals surface area contributed by atoms with E-state index in [9.17, 15) is 0 Å². The first-order valence-electron chi connectivity index (χ1n) is 3.56. The average Bonchev–Trinajstić information content (AvgIpc) is 2.05. The summed E-state index contributed by atoms with van der Waals surface area (Å²) in [6.07, 6.45) is 3.33. The highest BCUT2D eigenvalue weighted by molar-refractivity contribution is 5.24. The van der Waals surface area contributed by atoms with Gasteiger partial charge in [0.1, 0.15) is 0 Å². The summed E-state index contributed by atoms with van der Waals surface area (Å²) in [5.74, 6) is 0. The van der Waals surface area contributed by atoms with Gasteiger partial charge < -0.3 is 0 Å². The second-order valence-corrected chi connectivity index (χ2v) is 2.43. The molecule has 0 saturated heterocycles. The van der Waals surface area contributed by atoms with Gasteiger partial charge in [0, 0.05) is 22.7 Å². The Morgan fingerprint density at radius 3 is 3.00 bits per heavy atom. The maximum Gasteiger partial charge on any atom is 0.276 e. The van der Waals surface area contributed by atoms with Crippen LogP contribution in [0.15, 0.2) is 24.3 Å². The van der Waals surface area contributed by atoms with E-state index in [1.807, 2.05) is 6.07 Å². The second kappa shape index (κ2) is 2.25. The Bertz CT molecular complexity index is 303. The second-order valence-electron chi connectivity index (χ2n) is 2.43. The quantitative estimate of drug-likeness (QED) is 0.464. The number of nitrogens with zero attached hydrogens (tertiary/aromatic N) is 1. The summed E-state index contributed by atoms with van der Waals surface area (Å²) >= 11 is 0. The SMILES string of the molecule is C1=c2ccccc2=[N+]CC1. The fourth-order valence-corrected chi connectivity index (χ4v) is 1.21. The molecular weight excluding hydrogens is 122 g/mol. The van der Waals surface area contributed by atoms with E-state index in [-0.39, 0.29) is 0 Å². The molecule has 0 saturated carbocycles. The van der Waals surface area contributed by atoms with Crippen molar-refractivity contribution in [1.29, 1.82) is 0 Å². The van der Waals surface area contributed by atoms with Crippen molar-refractivity contribution < 1.29 is 0 Å². The Morgan fingerprint density at radius 2 is 2.10 bits per heavy atom. The van der Waals surface area contributed by atoms with Crippen molar-refractivity contribution in [2.24, 2.45) is 0 Å². The van der Waals surface area contributed by atoms with Gasteiger partial charge in [-0.05, 0) is 6.07 Å². The molecule has 1 aromatic carbocycles.